The average Bonchev–Trinajstić information content (AvgIpc) is 2.74. The number of esters is 1. The first-order chi connectivity index (χ1) is 15.1. The van der Waals surface area contributed by atoms with E-state index >= 15 is 0 Å². The molecule has 2 aromatic rings. The molecule has 1 aliphatic rings. The summed E-state index contributed by atoms with van der Waals surface area (Å²) in [5, 5.41) is 0. The molecule has 2 aromatic carbocycles. The Labute approximate surface area is 190 Å². The van der Waals surface area contributed by atoms with Crippen LogP contribution in [0.2, 0.25) is 0 Å². The van der Waals surface area contributed by atoms with Crippen molar-refractivity contribution >= 4 is 12.1 Å². The van der Waals surface area contributed by atoms with Gasteiger partial charge in [-0.3, -0.25) is 0 Å². The summed E-state index contributed by atoms with van der Waals surface area (Å²) in [5.74, 6) is 0.643. The van der Waals surface area contributed by atoms with Crippen molar-refractivity contribution in [3.63, 3.8) is 0 Å². The largest absolute Gasteiger partial charge is 0.489 e. The molecule has 1 aliphatic heterocycles. The number of amides is 1. The summed E-state index contributed by atoms with van der Waals surface area (Å²) in [6.45, 7) is 10.9. The minimum absolute atomic E-state index is 0.0422. The van der Waals surface area contributed by atoms with E-state index in [4.69, 9.17) is 14.2 Å². The summed E-state index contributed by atoms with van der Waals surface area (Å²) in [7, 11) is 1.37. The van der Waals surface area contributed by atoms with Crippen LogP contribution in [0.25, 0.3) is 0 Å². The van der Waals surface area contributed by atoms with Gasteiger partial charge in [-0.05, 0) is 74.1 Å². The summed E-state index contributed by atoms with van der Waals surface area (Å²) < 4.78 is 16.4. The number of ether oxygens (including phenoxy) is 3. The molecule has 0 aliphatic carbocycles. The Hall–Kier alpha value is -3.02. The van der Waals surface area contributed by atoms with E-state index in [-0.39, 0.29) is 24.0 Å². The number of rotatable bonds is 5. The SMILES string of the molecule is COC(=O)c1cccc(COc2ccc3c(c2)CCN(C(=O)OC(C)(C)C)C3C(C)C)c1. The molecule has 0 saturated carbocycles. The van der Waals surface area contributed by atoms with Gasteiger partial charge in [0, 0.05) is 6.54 Å². The lowest BCUT2D eigenvalue weighted by Gasteiger charge is -2.40. The normalized spacial score (nSPS) is 15.8. The van der Waals surface area contributed by atoms with Gasteiger partial charge in [-0.25, -0.2) is 9.59 Å². The Balaban J connectivity index is 1.75. The van der Waals surface area contributed by atoms with E-state index in [1.54, 1.807) is 12.1 Å². The maximum absolute atomic E-state index is 12.8. The van der Waals surface area contributed by atoms with Crippen LogP contribution in [0.4, 0.5) is 4.79 Å². The van der Waals surface area contributed by atoms with Crippen LogP contribution in [0.3, 0.4) is 0 Å². The van der Waals surface area contributed by atoms with Crippen molar-refractivity contribution in [1.29, 1.82) is 0 Å². The fourth-order valence-corrected chi connectivity index (χ4v) is 4.04. The first-order valence-electron chi connectivity index (χ1n) is 11.0. The van der Waals surface area contributed by atoms with Gasteiger partial charge in [-0.2, -0.15) is 0 Å². The van der Waals surface area contributed by atoms with Crippen molar-refractivity contribution in [1.82, 2.24) is 4.90 Å². The van der Waals surface area contributed by atoms with E-state index < -0.39 is 5.60 Å². The Morgan fingerprint density at radius 3 is 2.53 bits per heavy atom. The smallest absolute Gasteiger partial charge is 0.410 e. The highest BCUT2D eigenvalue weighted by Crippen LogP contribution is 2.37. The lowest BCUT2D eigenvalue weighted by atomic mass is 9.86. The van der Waals surface area contributed by atoms with E-state index in [2.05, 4.69) is 26.0 Å². The molecule has 32 heavy (non-hydrogen) atoms. The Kier molecular flexibility index (Phi) is 7.12. The third-order valence-corrected chi connectivity index (χ3v) is 5.40. The molecular weight excluding hydrogens is 406 g/mol. The lowest BCUT2D eigenvalue weighted by molar-refractivity contribution is 0.00875. The average molecular weight is 440 g/mol. The number of benzene rings is 2. The molecule has 1 heterocycles. The van der Waals surface area contributed by atoms with Gasteiger partial charge >= 0.3 is 12.1 Å². The highest BCUT2D eigenvalue weighted by Gasteiger charge is 2.35. The van der Waals surface area contributed by atoms with Crippen molar-refractivity contribution in [2.24, 2.45) is 5.92 Å². The second kappa shape index (κ2) is 9.63. The Morgan fingerprint density at radius 1 is 1.12 bits per heavy atom. The molecule has 0 fully saturated rings. The zero-order valence-corrected chi connectivity index (χ0v) is 19.8. The third kappa shape index (κ3) is 5.61. The Bertz CT molecular complexity index is 976. The van der Waals surface area contributed by atoms with E-state index in [9.17, 15) is 9.59 Å². The first-order valence-corrected chi connectivity index (χ1v) is 11.0. The minimum Gasteiger partial charge on any atom is -0.489 e. The standard InChI is InChI=1S/C26H33NO5/c1-17(2)23-22-11-10-21(31-16-18-8-7-9-20(14-18)24(28)30-6)15-19(22)12-13-27(23)25(29)32-26(3,4)5/h7-11,14-15,17,23H,12-13,16H2,1-6H3. The molecule has 0 aromatic heterocycles. The number of hydrogen-bond acceptors (Lipinski definition) is 5. The van der Waals surface area contributed by atoms with Crippen molar-refractivity contribution < 1.29 is 23.8 Å². The van der Waals surface area contributed by atoms with Crippen LogP contribution in [0.5, 0.6) is 5.75 Å². The summed E-state index contributed by atoms with van der Waals surface area (Å²) in [5.41, 5.74) is 3.19. The van der Waals surface area contributed by atoms with Crippen LogP contribution < -0.4 is 4.74 Å². The minimum atomic E-state index is -0.526. The zero-order valence-electron chi connectivity index (χ0n) is 19.8. The topological polar surface area (TPSA) is 65.1 Å². The van der Waals surface area contributed by atoms with Crippen molar-refractivity contribution in [2.75, 3.05) is 13.7 Å². The number of carbonyl (C=O) groups is 2. The molecule has 172 valence electrons. The Morgan fingerprint density at radius 2 is 1.88 bits per heavy atom. The number of methoxy groups -OCH3 is 1. The van der Waals surface area contributed by atoms with Crippen molar-refractivity contribution in [3.8, 4) is 5.75 Å². The van der Waals surface area contributed by atoms with Crippen LogP contribution in [-0.4, -0.2) is 36.2 Å². The number of hydrogen-bond donors (Lipinski definition) is 0. The molecule has 0 saturated heterocycles. The first kappa shape index (κ1) is 23.6. The van der Waals surface area contributed by atoms with Crippen molar-refractivity contribution in [3.05, 3.63) is 64.7 Å². The predicted molar refractivity (Wildman–Crippen MR) is 123 cm³/mol. The molecule has 1 amide bonds. The molecule has 1 atom stereocenters. The van der Waals surface area contributed by atoms with Gasteiger partial charge in [-0.15, -0.1) is 0 Å². The monoisotopic (exact) mass is 439 g/mol. The molecular formula is C26H33NO5. The molecule has 0 spiro atoms. The second-order valence-electron chi connectivity index (χ2n) is 9.45. The molecule has 6 heteroatoms. The fraction of sp³-hybridized carbons (Fsp3) is 0.462. The summed E-state index contributed by atoms with van der Waals surface area (Å²) in [4.78, 5) is 26.4. The maximum atomic E-state index is 12.8. The van der Waals surface area contributed by atoms with Gasteiger partial charge < -0.3 is 19.1 Å². The quantitative estimate of drug-likeness (QED) is 0.572. The van der Waals surface area contributed by atoms with E-state index in [0.717, 1.165) is 23.3 Å². The molecule has 0 bridgehead atoms. The van der Waals surface area contributed by atoms with Crippen molar-refractivity contribution in [2.45, 2.75) is 59.3 Å². The summed E-state index contributed by atoms with van der Waals surface area (Å²) in [6.07, 6.45) is 0.472. The molecule has 1 unspecified atom stereocenters. The maximum Gasteiger partial charge on any atom is 0.410 e. The van der Waals surface area contributed by atoms with Gasteiger partial charge in [0.25, 0.3) is 0 Å². The zero-order chi connectivity index (χ0) is 23.5. The molecule has 0 radical (unpaired) electrons. The van der Waals surface area contributed by atoms with Crippen LogP contribution in [0.1, 0.15) is 67.7 Å². The fourth-order valence-electron chi connectivity index (χ4n) is 4.04. The summed E-state index contributed by atoms with van der Waals surface area (Å²) in [6, 6.07) is 13.2. The lowest BCUT2D eigenvalue weighted by Crippen LogP contribution is -2.44. The highest BCUT2D eigenvalue weighted by molar-refractivity contribution is 5.89. The van der Waals surface area contributed by atoms with E-state index in [0.29, 0.717) is 18.7 Å². The molecule has 6 nitrogen and oxygen atoms in total. The van der Waals surface area contributed by atoms with Gasteiger partial charge in [0.1, 0.15) is 18.0 Å². The second-order valence-corrected chi connectivity index (χ2v) is 9.45. The third-order valence-electron chi connectivity index (χ3n) is 5.40. The molecule has 3 rings (SSSR count). The predicted octanol–water partition coefficient (Wildman–Crippen LogP) is 5.54. The van der Waals surface area contributed by atoms with E-state index in [1.165, 1.54) is 12.7 Å². The van der Waals surface area contributed by atoms with Gasteiger partial charge in [-0.1, -0.05) is 32.0 Å². The number of fused-ring (bicyclic) bond motifs is 1. The van der Waals surface area contributed by atoms with Gasteiger partial charge in [0.05, 0.1) is 18.7 Å². The van der Waals surface area contributed by atoms with Gasteiger partial charge in [0.2, 0.25) is 0 Å². The van der Waals surface area contributed by atoms with Crippen LogP contribution in [0.15, 0.2) is 42.5 Å². The van der Waals surface area contributed by atoms with Crippen LogP contribution in [-0.2, 0) is 22.5 Å². The van der Waals surface area contributed by atoms with E-state index in [1.807, 2.05) is 43.9 Å². The van der Waals surface area contributed by atoms with Gasteiger partial charge in [0.15, 0.2) is 0 Å². The van der Waals surface area contributed by atoms with Crippen LogP contribution >= 0.6 is 0 Å². The van der Waals surface area contributed by atoms with Crippen LogP contribution in [0, 0.1) is 5.92 Å². The highest BCUT2D eigenvalue weighted by atomic mass is 16.6. The summed E-state index contributed by atoms with van der Waals surface area (Å²) >= 11 is 0. The number of carbonyl (C=O) groups excluding carboxylic acids is 2. The molecule has 0 N–H and O–H groups in total. The number of nitrogens with zero attached hydrogens (tertiary/aromatic N) is 1.